The maximum Gasteiger partial charge on any atom is 0.0112 e. The molecule has 0 N–H and O–H groups in total. The monoisotopic (exact) mass is 242 g/mol. The summed E-state index contributed by atoms with van der Waals surface area (Å²) in [5, 5.41) is 0.716. The van der Waals surface area contributed by atoms with Crippen molar-refractivity contribution in [2.75, 3.05) is 0 Å². The Labute approximate surface area is 108 Å². The van der Waals surface area contributed by atoms with Crippen LogP contribution in [-0.2, 0) is 6.42 Å². The van der Waals surface area contributed by atoms with Crippen LogP contribution in [0.2, 0.25) is 0 Å². The van der Waals surface area contributed by atoms with E-state index in [9.17, 15) is 0 Å². The van der Waals surface area contributed by atoms with Gasteiger partial charge in [0.2, 0.25) is 0 Å². The topological polar surface area (TPSA) is 0 Å². The molecule has 0 aromatic heterocycles. The molecular weight excluding hydrogens is 228 g/mol. The van der Waals surface area contributed by atoms with Gasteiger partial charge in [0.25, 0.3) is 0 Å². The van der Waals surface area contributed by atoms with Crippen LogP contribution in [0.4, 0.5) is 0 Å². The van der Waals surface area contributed by atoms with E-state index in [1.807, 2.05) is 6.07 Å². The highest BCUT2D eigenvalue weighted by atomic mass is 35.5. The van der Waals surface area contributed by atoms with Crippen molar-refractivity contribution in [2.45, 2.75) is 12.8 Å². The van der Waals surface area contributed by atoms with Gasteiger partial charge in [0.05, 0.1) is 0 Å². The number of allylic oxidation sites excluding steroid dienone is 1. The van der Waals surface area contributed by atoms with Crippen molar-refractivity contribution in [1.82, 2.24) is 0 Å². The second-order valence-corrected chi connectivity index (χ2v) is 4.57. The molecule has 0 aliphatic rings. The first-order valence-electron chi connectivity index (χ1n) is 5.74. The molecule has 1 heteroatoms. The molecule has 0 heterocycles. The van der Waals surface area contributed by atoms with Gasteiger partial charge in [-0.1, -0.05) is 72.8 Å². The summed E-state index contributed by atoms with van der Waals surface area (Å²) in [6, 6.07) is 18.9. The molecule has 0 aliphatic heterocycles. The molecule has 0 atom stereocenters. The highest BCUT2D eigenvalue weighted by Gasteiger charge is 2.03. The van der Waals surface area contributed by atoms with E-state index >= 15 is 0 Å². The fraction of sp³-hybridized carbons (Fsp3) is 0.125. The molecule has 0 saturated carbocycles. The number of hydrogen-bond donors (Lipinski definition) is 0. The van der Waals surface area contributed by atoms with Crippen molar-refractivity contribution in [2.24, 2.45) is 0 Å². The summed E-state index contributed by atoms with van der Waals surface area (Å²) in [5.74, 6) is 0. The first kappa shape index (κ1) is 11.9. The Balaban J connectivity index is 2.31. The Bertz CT molecular complexity index is 500. The number of rotatable bonds is 4. The molecule has 0 nitrogen and oxygen atoms in total. The quantitative estimate of drug-likeness (QED) is 0.705. The first-order chi connectivity index (χ1) is 8.27. The fourth-order valence-electron chi connectivity index (χ4n) is 1.91. The van der Waals surface area contributed by atoms with Crippen molar-refractivity contribution in [3.8, 4) is 11.1 Å². The maximum atomic E-state index is 5.83. The average Bonchev–Trinajstić information content (AvgIpc) is 2.38. The standard InChI is InChI=1S/C16H15Cl/c1-13(17)11-12-15-9-5-6-10-16(15)14-7-3-2-4-8-14/h2-10H,1,11-12H2. The van der Waals surface area contributed by atoms with Gasteiger partial charge in [-0.2, -0.15) is 0 Å². The molecule has 2 aromatic rings. The molecule has 17 heavy (non-hydrogen) atoms. The summed E-state index contributed by atoms with van der Waals surface area (Å²) in [6.07, 6.45) is 1.76. The molecule has 0 amide bonds. The van der Waals surface area contributed by atoms with Crippen molar-refractivity contribution in [3.05, 3.63) is 71.8 Å². The molecule has 0 bridgehead atoms. The van der Waals surface area contributed by atoms with Crippen LogP contribution in [0, 0.1) is 0 Å². The van der Waals surface area contributed by atoms with E-state index in [4.69, 9.17) is 11.6 Å². The van der Waals surface area contributed by atoms with Gasteiger partial charge in [0.15, 0.2) is 0 Å². The number of aryl methyl sites for hydroxylation is 1. The zero-order valence-corrected chi connectivity index (χ0v) is 10.5. The Hall–Kier alpha value is -1.53. The van der Waals surface area contributed by atoms with Gasteiger partial charge in [-0.3, -0.25) is 0 Å². The zero-order valence-electron chi connectivity index (χ0n) is 9.70. The maximum absolute atomic E-state index is 5.83. The average molecular weight is 243 g/mol. The predicted molar refractivity (Wildman–Crippen MR) is 75.2 cm³/mol. The van der Waals surface area contributed by atoms with E-state index in [1.54, 1.807) is 0 Å². The lowest BCUT2D eigenvalue weighted by Gasteiger charge is -2.09. The van der Waals surface area contributed by atoms with Gasteiger partial charge >= 0.3 is 0 Å². The van der Waals surface area contributed by atoms with Crippen LogP contribution in [0.1, 0.15) is 12.0 Å². The fourth-order valence-corrected chi connectivity index (χ4v) is 2.00. The molecule has 0 fully saturated rings. The molecule has 0 radical (unpaired) electrons. The van der Waals surface area contributed by atoms with E-state index < -0.39 is 0 Å². The van der Waals surface area contributed by atoms with Crippen LogP contribution >= 0.6 is 11.6 Å². The summed E-state index contributed by atoms with van der Waals surface area (Å²) in [6.45, 7) is 3.74. The normalized spacial score (nSPS) is 10.2. The summed E-state index contributed by atoms with van der Waals surface area (Å²) in [7, 11) is 0. The lowest BCUT2D eigenvalue weighted by atomic mass is 9.97. The predicted octanol–water partition coefficient (Wildman–Crippen LogP) is 5.04. The van der Waals surface area contributed by atoms with Crippen LogP contribution < -0.4 is 0 Å². The van der Waals surface area contributed by atoms with Crippen molar-refractivity contribution < 1.29 is 0 Å². The summed E-state index contributed by atoms with van der Waals surface area (Å²) >= 11 is 5.83. The molecule has 2 aromatic carbocycles. The summed E-state index contributed by atoms with van der Waals surface area (Å²) in [5.41, 5.74) is 3.86. The molecule has 2 rings (SSSR count). The largest absolute Gasteiger partial charge is 0.0898 e. The SMILES string of the molecule is C=C(Cl)CCc1ccccc1-c1ccccc1. The second kappa shape index (κ2) is 5.70. The third kappa shape index (κ3) is 3.21. The van der Waals surface area contributed by atoms with Gasteiger partial charge in [0.1, 0.15) is 0 Å². The minimum absolute atomic E-state index is 0.716. The van der Waals surface area contributed by atoms with Crippen LogP contribution in [-0.4, -0.2) is 0 Å². The Morgan fingerprint density at radius 2 is 1.59 bits per heavy atom. The lowest BCUT2D eigenvalue weighted by Crippen LogP contribution is -1.90. The number of hydrogen-bond acceptors (Lipinski definition) is 0. The van der Waals surface area contributed by atoms with E-state index in [2.05, 4.69) is 55.1 Å². The second-order valence-electron chi connectivity index (χ2n) is 4.04. The van der Waals surface area contributed by atoms with E-state index in [1.165, 1.54) is 16.7 Å². The van der Waals surface area contributed by atoms with E-state index in [-0.39, 0.29) is 0 Å². The molecule has 0 saturated heterocycles. The van der Waals surface area contributed by atoms with Crippen LogP contribution in [0.3, 0.4) is 0 Å². The molecule has 0 unspecified atom stereocenters. The number of benzene rings is 2. The lowest BCUT2D eigenvalue weighted by molar-refractivity contribution is 0.991. The smallest absolute Gasteiger partial charge is 0.0112 e. The van der Waals surface area contributed by atoms with E-state index in [0.717, 1.165) is 12.8 Å². The summed E-state index contributed by atoms with van der Waals surface area (Å²) in [4.78, 5) is 0. The van der Waals surface area contributed by atoms with Crippen LogP contribution in [0.25, 0.3) is 11.1 Å². The van der Waals surface area contributed by atoms with Gasteiger partial charge in [-0.05, 0) is 29.5 Å². The minimum atomic E-state index is 0.716. The van der Waals surface area contributed by atoms with Crippen molar-refractivity contribution in [1.29, 1.82) is 0 Å². The van der Waals surface area contributed by atoms with Gasteiger partial charge < -0.3 is 0 Å². The molecule has 86 valence electrons. The van der Waals surface area contributed by atoms with Crippen molar-refractivity contribution in [3.63, 3.8) is 0 Å². The van der Waals surface area contributed by atoms with E-state index in [0.29, 0.717) is 5.03 Å². The highest BCUT2D eigenvalue weighted by molar-refractivity contribution is 6.29. The van der Waals surface area contributed by atoms with Gasteiger partial charge in [0, 0.05) is 5.03 Å². The van der Waals surface area contributed by atoms with Gasteiger partial charge in [-0.25, -0.2) is 0 Å². The molecular formula is C16H15Cl. The Kier molecular flexibility index (Phi) is 4.00. The zero-order chi connectivity index (χ0) is 12.1. The van der Waals surface area contributed by atoms with Crippen LogP contribution in [0.15, 0.2) is 66.2 Å². The summed E-state index contributed by atoms with van der Waals surface area (Å²) < 4.78 is 0. The Morgan fingerprint density at radius 1 is 0.941 bits per heavy atom. The van der Waals surface area contributed by atoms with Crippen LogP contribution in [0.5, 0.6) is 0 Å². The molecule has 0 aliphatic carbocycles. The van der Waals surface area contributed by atoms with Gasteiger partial charge in [-0.15, -0.1) is 0 Å². The third-order valence-electron chi connectivity index (χ3n) is 2.77. The third-order valence-corrected chi connectivity index (χ3v) is 2.96. The first-order valence-corrected chi connectivity index (χ1v) is 6.12. The highest BCUT2D eigenvalue weighted by Crippen LogP contribution is 2.25. The number of halogens is 1. The minimum Gasteiger partial charge on any atom is -0.0898 e. The van der Waals surface area contributed by atoms with Crippen molar-refractivity contribution >= 4 is 11.6 Å². The Morgan fingerprint density at radius 3 is 2.29 bits per heavy atom. The molecule has 0 spiro atoms.